The van der Waals surface area contributed by atoms with E-state index < -0.39 is 5.97 Å². The molecule has 0 aromatic carbocycles. The van der Waals surface area contributed by atoms with Crippen LogP contribution in [0.2, 0.25) is 0 Å². The summed E-state index contributed by atoms with van der Waals surface area (Å²) in [4.78, 5) is 23.1. The lowest BCUT2D eigenvalue weighted by Crippen LogP contribution is -2.16. The van der Waals surface area contributed by atoms with Crippen LogP contribution in [0.3, 0.4) is 0 Å². The predicted molar refractivity (Wildman–Crippen MR) is 149 cm³/mol. The number of carbonyl (C=O) groups is 2. The second-order valence-corrected chi connectivity index (χ2v) is 10.3. The maximum Gasteiger partial charge on any atom is 0.306 e. The Bertz CT molecular complexity index is 500. The topological polar surface area (TPSA) is 63.6 Å². The van der Waals surface area contributed by atoms with Crippen molar-refractivity contribution < 1.29 is 19.4 Å². The van der Waals surface area contributed by atoms with Crippen LogP contribution in [0.15, 0.2) is 12.2 Å². The highest BCUT2D eigenvalue weighted by Crippen LogP contribution is 2.15. The van der Waals surface area contributed by atoms with E-state index in [4.69, 9.17) is 9.84 Å². The number of carboxylic acids is 1. The maximum absolute atomic E-state index is 12.4. The van der Waals surface area contributed by atoms with Crippen molar-refractivity contribution in [1.29, 1.82) is 0 Å². The van der Waals surface area contributed by atoms with Crippen molar-refractivity contribution in [2.24, 2.45) is 0 Å². The number of aliphatic carboxylic acids is 1. The molecule has 206 valence electrons. The largest absolute Gasteiger partial charge is 0.481 e. The van der Waals surface area contributed by atoms with Gasteiger partial charge in [0.2, 0.25) is 0 Å². The Morgan fingerprint density at radius 1 is 0.629 bits per heavy atom. The molecule has 0 amide bonds. The van der Waals surface area contributed by atoms with E-state index in [1.807, 2.05) is 0 Å². The molecule has 0 aliphatic heterocycles. The molecule has 35 heavy (non-hydrogen) atoms. The third-order valence-corrected chi connectivity index (χ3v) is 6.72. The first kappa shape index (κ1) is 33.7. The van der Waals surface area contributed by atoms with Gasteiger partial charge in [-0.25, -0.2) is 0 Å². The minimum absolute atomic E-state index is 0.0651. The lowest BCUT2D eigenvalue weighted by molar-refractivity contribution is -0.147. The number of hydrogen-bond donors (Lipinski definition) is 1. The lowest BCUT2D eigenvalue weighted by Gasteiger charge is -2.15. The summed E-state index contributed by atoms with van der Waals surface area (Å²) in [6.07, 6.45) is 30.8. The van der Waals surface area contributed by atoms with Crippen LogP contribution in [0.5, 0.6) is 0 Å². The highest BCUT2D eigenvalue weighted by atomic mass is 16.5. The van der Waals surface area contributed by atoms with Crippen LogP contribution >= 0.6 is 0 Å². The van der Waals surface area contributed by atoms with Crippen molar-refractivity contribution in [3.05, 3.63) is 12.2 Å². The van der Waals surface area contributed by atoms with Crippen molar-refractivity contribution in [3.63, 3.8) is 0 Å². The molecular formula is C31H58O4. The quantitative estimate of drug-likeness (QED) is 0.0701. The fourth-order valence-electron chi connectivity index (χ4n) is 4.44. The fraction of sp³-hybridized carbons (Fsp3) is 0.871. The van der Waals surface area contributed by atoms with E-state index in [1.54, 1.807) is 0 Å². The predicted octanol–water partition coefficient (Wildman–Crippen LogP) is 9.94. The standard InChI is InChI=1S/C31H58O4/c1-3-5-7-9-11-13-14-16-18-24-28-31(34)35-29(26-22-19-20-23-27-30(32)33)25-21-17-15-12-10-8-6-4-2/h21,25,29H,3-20,22-24,26-28H2,1-2H3,(H,32,33)/b25-21-. The summed E-state index contributed by atoms with van der Waals surface area (Å²) >= 11 is 0. The van der Waals surface area contributed by atoms with E-state index in [2.05, 4.69) is 26.0 Å². The molecule has 1 unspecified atom stereocenters. The lowest BCUT2D eigenvalue weighted by atomic mass is 10.1. The van der Waals surface area contributed by atoms with Crippen LogP contribution in [-0.4, -0.2) is 23.1 Å². The van der Waals surface area contributed by atoms with Gasteiger partial charge in [0.1, 0.15) is 6.10 Å². The number of carbonyl (C=O) groups excluding carboxylic acids is 1. The minimum atomic E-state index is -0.721. The van der Waals surface area contributed by atoms with E-state index in [9.17, 15) is 9.59 Å². The number of esters is 1. The van der Waals surface area contributed by atoms with E-state index in [-0.39, 0.29) is 18.5 Å². The van der Waals surface area contributed by atoms with Gasteiger partial charge in [-0.2, -0.15) is 0 Å². The van der Waals surface area contributed by atoms with E-state index >= 15 is 0 Å². The minimum Gasteiger partial charge on any atom is -0.481 e. The van der Waals surface area contributed by atoms with Crippen LogP contribution in [0.25, 0.3) is 0 Å². The van der Waals surface area contributed by atoms with Crippen molar-refractivity contribution in [1.82, 2.24) is 0 Å². The second kappa shape index (κ2) is 27.3. The zero-order chi connectivity index (χ0) is 25.8. The van der Waals surface area contributed by atoms with Crippen LogP contribution in [-0.2, 0) is 14.3 Å². The Balaban J connectivity index is 4.10. The summed E-state index contributed by atoms with van der Waals surface area (Å²) in [5, 5.41) is 8.76. The number of ether oxygens (including phenoxy) is 1. The molecule has 0 radical (unpaired) electrons. The Kier molecular flexibility index (Phi) is 26.2. The molecule has 1 atom stereocenters. The Hall–Kier alpha value is -1.32. The third-order valence-electron chi connectivity index (χ3n) is 6.72. The first-order valence-corrected chi connectivity index (χ1v) is 15.2. The zero-order valence-corrected chi connectivity index (χ0v) is 23.4. The Morgan fingerprint density at radius 2 is 1.09 bits per heavy atom. The number of allylic oxidation sites excluding steroid dienone is 1. The van der Waals surface area contributed by atoms with Gasteiger partial charge < -0.3 is 9.84 Å². The highest BCUT2D eigenvalue weighted by Gasteiger charge is 2.11. The van der Waals surface area contributed by atoms with Gasteiger partial charge in [0.15, 0.2) is 0 Å². The summed E-state index contributed by atoms with van der Waals surface area (Å²) in [6, 6.07) is 0. The SMILES string of the molecule is CCCCCCCC/C=C\C(CCCCCCC(=O)O)OC(=O)CCCCCCCCCCCC. The van der Waals surface area contributed by atoms with Crippen LogP contribution in [0, 0.1) is 0 Å². The third kappa shape index (κ3) is 27.1. The highest BCUT2D eigenvalue weighted by molar-refractivity contribution is 5.69. The second-order valence-electron chi connectivity index (χ2n) is 10.3. The van der Waals surface area contributed by atoms with Crippen LogP contribution in [0.4, 0.5) is 0 Å². The number of hydrogen-bond acceptors (Lipinski definition) is 3. The Morgan fingerprint density at radius 3 is 1.63 bits per heavy atom. The monoisotopic (exact) mass is 494 g/mol. The average Bonchev–Trinajstić information content (AvgIpc) is 2.83. The molecule has 1 N–H and O–H groups in total. The summed E-state index contributed by atoms with van der Waals surface area (Å²) in [5.74, 6) is -0.786. The molecule has 0 saturated heterocycles. The number of rotatable bonds is 27. The molecule has 0 rings (SSSR count). The van der Waals surface area contributed by atoms with E-state index in [0.29, 0.717) is 6.42 Å². The maximum atomic E-state index is 12.4. The van der Waals surface area contributed by atoms with Crippen molar-refractivity contribution in [2.45, 2.75) is 174 Å². The molecule has 0 heterocycles. The van der Waals surface area contributed by atoms with Gasteiger partial charge in [-0.1, -0.05) is 123 Å². The first-order chi connectivity index (χ1) is 17.1. The van der Waals surface area contributed by atoms with Gasteiger partial charge in [0.05, 0.1) is 0 Å². The average molecular weight is 495 g/mol. The Labute approximate surface area is 217 Å². The molecule has 4 nitrogen and oxygen atoms in total. The normalized spacial score (nSPS) is 12.3. The van der Waals surface area contributed by atoms with Gasteiger partial charge in [-0.3, -0.25) is 9.59 Å². The van der Waals surface area contributed by atoms with Gasteiger partial charge in [0, 0.05) is 12.8 Å². The molecule has 0 aliphatic rings. The number of carboxylic acid groups (broad SMARTS) is 1. The van der Waals surface area contributed by atoms with Gasteiger partial charge in [-0.15, -0.1) is 0 Å². The zero-order valence-electron chi connectivity index (χ0n) is 23.4. The van der Waals surface area contributed by atoms with Gasteiger partial charge >= 0.3 is 11.9 Å². The van der Waals surface area contributed by atoms with E-state index in [0.717, 1.165) is 51.4 Å². The summed E-state index contributed by atoms with van der Waals surface area (Å²) in [7, 11) is 0. The molecule has 0 aliphatic carbocycles. The smallest absolute Gasteiger partial charge is 0.306 e. The van der Waals surface area contributed by atoms with Gasteiger partial charge in [0.25, 0.3) is 0 Å². The molecule has 0 fully saturated rings. The fourth-order valence-corrected chi connectivity index (χ4v) is 4.44. The van der Waals surface area contributed by atoms with Crippen LogP contribution in [0.1, 0.15) is 168 Å². The van der Waals surface area contributed by atoms with Crippen molar-refractivity contribution in [2.75, 3.05) is 0 Å². The molecule has 0 spiro atoms. The van der Waals surface area contributed by atoms with Gasteiger partial charge in [-0.05, 0) is 44.6 Å². The molecule has 0 bridgehead atoms. The van der Waals surface area contributed by atoms with E-state index in [1.165, 1.54) is 89.9 Å². The first-order valence-electron chi connectivity index (χ1n) is 15.2. The molecule has 0 aromatic heterocycles. The summed E-state index contributed by atoms with van der Waals surface area (Å²) in [6.45, 7) is 4.50. The molecular weight excluding hydrogens is 436 g/mol. The molecule has 0 aromatic rings. The number of unbranched alkanes of at least 4 members (excludes halogenated alkanes) is 18. The van der Waals surface area contributed by atoms with Crippen molar-refractivity contribution >= 4 is 11.9 Å². The van der Waals surface area contributed by atoms with Crippen LogP contribution < -0.4 is 0 Å². The summed E-state index contributed by atoms with van der Waals surface area (Å²) < 4.78 is 5.82. The molecule has 0 saturated carbocycles. The molecule has 4 heteroatoms. The summed E-state index contributed by atoms with van der Waals surface area (Å²) in [5.41, 5.74) is 0. The van der Waals surface area contributed by atoms with Crippen molar-refractivity contribution in [3.8, 4) is 0 Å².